The van der Waals surface area contributed by atoms with Gasteiger partial charge in [0.1, 0.15) is 0 Å². The number of methoxy groups -OCH3 is 4. The number of amides is 1. The summed E-state index contributed by atoms with van der Waals surface area (Å²) in [4.78, 5) is 24.5. The van der Waals surface area contributed by atoms with Gasteiger partial charge in [0.25, 0.3) is 0 Å². The number of ether oxygens (including phenoxy) is 4. The number of carbonyl (C=O) groups excluding carboxylic acids is 1. The third kappa shape index (κ3) is 3.84. The van der Waals surface area contributed by atoms with Gasteiger partial charge in [-0.05, 0) is 42.2 Å². The van der Waals surface area contributed by atoms with Gasteiger partial charge in [-0.3, -0.25) is 9.59 Å². The second-order valence-electron chi connectivity index (χ2n) is 6.77. The number of hydrogen-bond acceptors (Lipinski definition) is 6. The van der Waals surface area contributed by atoms with Crippen molar-refractivity contribution in [2.45, 2.75) is 25.8 Å². The van der Waals surface area contributed by atoms with Gasteiger partial charge in [0, 0.05) is 22.5 Å². The maximum absolute atomic E-state index is 12.5. The largest absolute Gasteiger partial charge is 0.492 e. The standard InChI is InChI=1S/C22H24BrNO6/c1-11(25)24-17-7-6-14-18(16-9-12(23)8-13(26)10-15(16)17)20(28-3)22(30-5)21(29-4)19(14)27-2/h8-10,17H,6-7H2,1-5H3,(H,24,25)/i3D3. The maximum Gasteiger partial charge on any atom is 0.217 e. The van der Waals surface area contributed by atoms with Gasteiger partial charge in [0.2, 0.25) is 17.4 Å². The normalized spacial score (nSPS) is 16.6. The molecule has 0 fully saturated rings. The van der Waals surface area contributed by atoms with Crippen LogP contribution in [0.3, 0.4) is 0 Å². The zero-order chi connectivity index (χ0) is 24.5. The fourth-order valence-corrected chi connectivity index (χ4v) is 4.39. The van der Waals surface area contributed by atoms with Gasteiger partial charge >= 0.3 is 0 Å². The van der Waals surface area contributed by atoms with Crippen LogP contribution in [0.25, 0.3) is 11.1 Å². The topological polar surface area (TPSA) is 83.1 Å². The molecule has 2 aromatic rings. The van der Waals surface area contributed by atoms with E-state index in [0.717, 1.165) is 0 Å². The van der Waals surface area contributed by atoms with Crippen LogP contribution in [0.4, 0.5) is 0 Å². The van der Waals surface area contributed by atoms with Crippen LogP contribution < -0.4 is 29.7 Å². The van der Waals surface area contributed by atoms with Crippen molar-refractivity contribution < 1.29 is 27.9 Å². The Bertz CT molecular complexity index is 1150. The van der Waals surface area contributed by atoms with Crippen molar-refractivity contribution >= 4 is 21.8 Å². The average molecular weight is 481 g/mol. The van der Waals surface area contributed by atoms with Crippen molar-refractivity contribution in [1.29, 1.82) is 0 Å². The number of rotatable bonds is 5. The molecule has 0 saturated heterocycles. The van der Waals surface area contributed by atoms with Crippen LogP contribution in [0.1, 0.15) is 34.6 Å². The average Bonchev–Trinajstić information content (AvgIpc) is 2.94. The minimum Gasteiger partial charge on any atom is -0.492 e. The molecule has 1 aliphatic carbocycles. The van der Waals surface area contributed by atoms with Crippen molar-refractivity contribution in [3.63, 3.8) is 0 Å². The van der Waals surface area contributed by atoms with Crippen molar-refractivity contribution in [2.24, 2.45) is 0 Å². The molecule has 1 aliphatic rings. The molecule has 0 heterocycles. The molecule has 160 valence electrons. The van der Waals surface area contributed by atoms with E-state index in [4.69, 9.17) is 23.1 Å². The number of carbonyl (C=O) groups is 1. The van der Waals surface area contributed by atoms with Gasteiger partial charge < -0.3 is 24.3 Å². The summed E-state index contributed by atoms with van der Waals surface area (Å²) >= 11 is 3.38. The molecule has 2 aromatic carbocycles. The Morgan fingerprint density at radius 2 is 1.73 bits per heavy atom. The van der Waals surface area contributed by atoms with Crippen molar-refractivity contribution in [3.8, 4) is 34.1 Å². The van der Waals surface area contributed by atoms with Gasteiger partial charge in [0.15, 0.2) is 16.9 Å². The van der Waals surface area contributed by atoms with E-state index < -0.39 is 13.1 Å². The van der Waals surface area contributed by atoms with Crippen LogP contribution in [-0.4, -0.2) is 34.3 Å². The van der Waals surface area contributed by atoms with Crippen LogP contribution in [0.2, 0.25) is 0 Å². The van der Waals surface area contributed by atoms with Gasteiger partial charge in [-0.1, -0.05) is 15.9 Å². The van der Waals surface area contributed by atoms with E-state index in [1.807, 2.05) is 0 Å². The summed E-state index contributed by atoms with van der Waals surface area (Å²) in [5.74, 6) is 0.234. The number of halogens is 1. The third-order valence-electron chi connectivity index (χ3n) is 5.01. The Labute approximate surface area is 187 Å². The Morgan fingerprint density at radius 1 is 1.07 bits per heavy atom. The van der Waals surface area contributed by atoms with E-state index in [2.05, 4.69) is 21.2 Å². The van der Waals surface area contributed by atoms with Gasteiger partial charge in [-0.2, -0.15) is 0 Å². The second-order valence-corrected chi connectivity index (χ2v) is 7.68. The Morgan fingerprint density at radius 3 is 2.33 bits per heavy atom. The highest BCUT2D eigenvalue weighted by Crippen LogP contribution is 2.55. The van der Waals surface area contributed by atoms with Gasteiger partial charge in [-0.25, -0.2) is 0 Å². The molecule has 1 N–H and O–H groups in total. The van der Waals surface area contributed by atoms with E-state index in [-0.39, 0.29) is 28.6 Å². The maximum atomic E-state index is 12.5. The Kier molecular flexibility index (Phi) is 5.39. The van der Waals surface area contributed by atoms with Crippen LogP contribution in [0.15, 0.2) is 27.5 Å². The van der Waals surface area contributed by atoms with Gasteiger partial charge in [0.05, 0.1) is 38.5 Å². The quantitative estimate of drug-likeness (QED) is 0.703. The van der Waals surface area contributed by atoms with Gasteiger partial charge in [-0.15, -0.1) is 0 Å². The summed E-state index contributed by atoms with van der Waals surface area (Å²) in [5, 5.41) is 2.89. The predicted octanol–water partition coefficient (Wildman–Crippen LogP) is 3.63. The lowest BCUT2D eigenvalue weighted by molar-refractivity contribution is -0.119. The van der Waals surface area contributed by atoms with E-state index in [1.165, 1.54) is 40.4 Å². The molecule has 1 amide bonds. The Balaban J connectivity index is 2.55. The molecule has 0 aromatic heterocycles. The van der Waals surface area contributed by atoms with Crippen LogP contribution in [-0.2, 0) is 11.2 Å². The first-order valence-electron chi connectivity index (χ1n) is 10.7. The second kappa shape index (κ2) is 8.95. The first-order valence-corrected chi connectivity index (χ1v) is 9.96. The summed E-state index contributed by atoms with van der Waals surface area (Å²) < 4.78 is 45.8. The smallest absolute Gasteiger partial charge is 0.217 e. The minimum absolute atomic E-state index is 0.0399. The van der Waals surface area contributed by atoms with Crippen LogP contribution >= 0.6 is 15.9 Å². The molecule has 1 unspecified atom stereocenters. The monoisotopic (exact) mass is 480 g/mol. The molecule has 30 heavy (non-hydrogen) atoms. The lowest BCUT2D eigenvalue weighted by Crippen LogP contribution is -2.26. The highest BCUT2D eigenvalue weighted by atomic mass is 79.9. The van der Waals surface area contributed by atoms with Crippen molar-refractivity contribution in [3.05, 3.63) is 44.0 Å². The molecule has 0 aliphatic heterocycles. The molecule has 0 saturated carbocycles. The zero-order valence-electron chi connectivity index (χ0n) is 20.1. The predicted molar refractivity (Wildman–Crippen MR) is 117 cm³/mol. The van der Waals surface area contributed by atoms with E-state index in [1.54, 1.807) is 6.07 Å². The number of hydrogen-bond donors (Lipinski definition) is 1. The summed E-state index contributed by atoms with van der Waals surface area (Å²) in [6.45, 7) is 1.39. The van der Waals surface area contributed by atoms with Crippen molar-refractivity contribution in [1.82, 2.24) is 5.32 Å². The van der Waals surface area contributed by atoms with Crippen molar-refractivity contribution in [2.75, 3.05) is 28.4 Å². The van der Waals surface area contributed by atoms with E-state index >= 15 is 0 Å². The Hall–Kier alpha value is -2.74. The number of fused-ring (bicyclic) bond motifs is 3. The summed E-state index contributed by atoms with van der Waals surface area (Å²) in [5.41, 5.74) is 1.72. The minimum atomic E-state index is -2.80. The lowest BCUT2D eigenvalue weighted by Gasteiger charge is -2.22. The van der Waals surface area contributed by atoms with E-state index in [0.29, 0.717) is 45.3 Å². The molecule has 0 bridgehead atoms. The number of nitrogens with one attached hydrogen (secondary N) is 1. The van der Waals surface area contributed by atoms with Crippen LogP contribution in [0.5, 0.6) is 23.0 Å². The fourth-order valence-electron chi connectivity index (χ4n) is 3.93. The number of benzene rings is 1. The zero-order valence-corrected chi connectivity index (χ0v) is 18.6. The molecule has 3 rings (SSSR count). The molecular formula is C22H24BrNO6. The SMILES string of the molecule is [2H]C([2H])([2H])Oc1c(OC)c(OC)c(OC)c2c1-c1cc(Br)cc(=O)cc1C(NC(C)=O)CC2. The highest BCUT2D eigenvalue weighted by molar-refractivity contribution is 9.10. The third-order valence-corrected chi connectivity index (χ3v) is 5.47. The molecule has 0 spiro atoms. The summed E-state index contributed by atoms with van der Waals surface area (Å²) in [6.07, 6.45) is 0.783. The molecule has 7 nitrogen and oxygen atoms in total. The molecule has 1 atom stereocenters. The molecule has 8 heteroatoms. The summed E-state index contributed by atoms with van der Waals surface area (Å²) in [6, 6.07) is 3.99. The lowest BCUT2D eigenvalue weighted by atomic mass is 9.94. The summed E-state index contributed by atoms with van der Waals surface area (Å²) in [7, 11) is 1.44. The highest BCUT2D eigenvalue weighted by Gasteiger charge is 2.33. The fraction of sp³-hybridized carbons (Fsp3) is 0.364. The first kappa shape index (κ1) is 18.1. The first-order chi connectivity index (χ1) is 15.5. The van der Waals surface area contributed by atoms with E-state index in [9.17, 15) is 9.59 Å². The molecule has 0 radical (unpaired) electrons. The molecular weight excluding hydrogens is 454 g/mol. The van der Waals surface area contributed by atoms with Crippen LogP contribution in [0, 0.1) is 0 Å².